The van der Waals surface area contributed by atoms with Crippen molar-refractivity contribution in [2.45, 2.75) is 6.61 Å². The Labute approximate surface area is 85.2 Å². The molecule has 78 valence electrons. The van der Waals surface area contributed by atoms with Gasteiger partial charge in [0.25, 0.3) is 5.78 Å². The van der Waals surface area contributed by atoms with Crippen molar-refractivity contribution in [2.24, 2.45) is 0 Å². The van der Waals surface area contributed by atoms with Gasteiger partial charge in [-0.15, -0.1) is 0 Å². The Kier molecular flexibility index (Phi) is 2.39. The molecule has 0 bridgehead atoms. The van der Waals surface area contributed by atoms with Crippen molar-refractivity contribution in [1.82, 2.24) is 0 Å². The second kappa shape index (κ2) is 3.70. The fourth-order valence-electron chi connectivity index (χ4n) is 1.43. The lowest BCUT2D eigenvalue weighted by atomic mass is 10.0. The Morgan fingerprint density at radius 1 is 1.33 bits per heavy atom. The second-order valence-electron chi connectivity index (χ2n) is 3.03. The minimum absolute atomic E-state index is 0.123. The van der Waals surface area contributed by atoms with Gasteiger partial charge in [0.2, 0.25) is 0 Å². The van der Waals surface area contributed by atoms with Crippen LogP contribution in [0.3, 0.4) is 0 Å². The molecule has 0 saturated carbocycles. The van der Waals surface area contributed by atoms with Crippen LogP contribution in [0.1, 0.15) is 15.9 Å². The van der Waals surface area contributed by atoms with Crippen molar-refractivity contribution in [3.63, 3.8) is 0 Å². The first kappa shape index (κ1) is 9.67. The maximum absolute atomic E-state index is 11.3. The molecular weight excluding hydrogens is 200 g/mol. The van der Waals surface area contributed by atoms with E-state index >= 15 is 0 Å². The average molecular weight is 208 g/mol. The molecule has 1 aliphatic heterocycles. The number of carbonyl (C=O) groups excluding carboxylic acids is 1. The Hall–Kier alpha value is -1.88. The van der Waals surface area contributed by atoms with Crippen LogP contribution in [-0.4, -0.2) is 23.7 Å². The SMILES string of the molecule is O=C(O)C(=O)c1cccc2c1COCO2. The summed E-state index contributed by atoms with van der Waals surface area (Å²) in [6, 6.07) is 4.71. The van der Waals surface area contributed by atoms with Crippen LogP contribution in [0.25, 0.3) is 0 Å². The van der Waals surface area contributed by atoms with Crippen LogP contribution in [0.2, 0.25) is 0 Å². The minimum atomic E-state index is -1.48. The summed E-state index contributed by atoms with van der Waals surface area (Å²) in [6.07, 6.45) is 0. The van der Waals surface area contributed by atoms with Gasteiger partial charge in [-0.25, -0.2) is 4.79 Å². The molecule has 1 heterocycles. The second-order valence-corrected chi connectivity index (χ2v) is 3.03. The van der Waals surface area contributed by atoms with Gasteiger partial charge >= 0.3 is 5.97 Å². The van der Waals surface area contributed by atoms with Gasteiger partial charge in [-0.3, -0.25) is 4.79 Å². The van der Waals surface area contributed by atoms with E-state index in [1.807, 2.05) is 0 Å². The molecule has 1 N–H and O–H groups in total. The number of Topliss-reactive ketones (excluding diaryl/α,β-unsaturated/α-hetero) is 1. The lowest BCUT2D eigenvalue weighted by molar-refractivity contribution is -0.131. The first-order valence-corrected chi connectivity index (χ1v) is 4.30. The van der Waals surface area contributed by atoms with Crippen LogP contribution in [0.4, 0.5) is 0 Å². The molecule has 0 atom stereocenters. The van der Waals surface area contributed by atoms with Crippen molar-refractivity contribution < 1.29 is 24.2 Å². The standard InChI is InChI=1S/C10H8O5/c11-9(10(12)13)6-2-1-3-8-7(6)4-14-5-15-8/h1-3H,4-5H2,(H,12,13). The summed E-state index contributed by atoms with van der Waals surface area (Å²) in [5.74, 6) is -1.91. The quantitative estimate of drug-likeness (QED) is 0.575. The minimum Gasteiger partial charge on any atom is -0.475 e. The molecule has 5 heteroatoms. The zero-order chi connectivity index (χ0) is 10.8. The van der Waals surface area contributed by atoms with Crippen molar-refractivity contribution in [2.75, 3.05) is 6.79 Å². The highest BCUT2D eigenvalue weighted by Crippen LogP contribution is 2.26. The molecule has 1 aromatic rings. The molecule has 15 heavy (non-hydrogen) atoms. The summed E-state index contributed by atoms with van der Waals surface area (Å²) in [6.45, 7) is 0.322. The Bertz CT molecular complexity index is 424. The van der Waals surface area contributed by atoms with E-state index < -0.39 is 11.8 Å². The van der Waals surface area contributed by atoms with E-state index in [9.17, 15) is 9.59 Å². The highest BCUT2D eigenvalue weighted by molar-refractivity contribution is 6.40. The van der Waals surface area contributed by atoms with Gasteiger partial charge in [-0.1, -0.05) is 12.1 Å². The first-order chi connectivity index (χ1) is 7.20. The maximum atomic E-state index is 11.3. The van der Waals surface area contributed by atoms with Crippen molar-refractivity contribution in [1.29, 1.82) is 0 Å². The van der Waals surface area contributed by atoms with E-state index in [1.54, 1.807) is 12.1 Å². The largest absolute Gasteiger partial charge is 0.475 e. The summed E-state index contributed by atoms with van der Waals surface area (Å²) < 4.78 is 10.1. The zero-order valence-electron chi connectivity index (χ0n) is 7.73. The van der Waals surface area contributed by atoms with Crippen LogP contribution in [0.5, 0.6) is 5.75 Å². The lowest BCUT2D eigenvalue weighted by Gasteiger charge is -2.19. The van der Waals surface area contributed by atoms with E-state index in [0.29, 0.717) is 11.3 Å². The number of fused-ring (bicyclic) bond motifs is 1. The van der Waals surface area contributed by atoms with Crippen LogP contribution >= 0.6 is 0 Å². The topological polar surface area (TPSA) is 72.8 Å². The molecule has 1 aromatic carbocycles. The Morgan fingerprint density at radius 2 is 2.13 bits per heavy atom. The molecule has 0 aliphatic carbocycles. The number of carbonyl (C=O) groups is 2. The molecular formula is C10H8O5. The summed E-state index contributed by atoms with van der Waals surface area (Å²) in [5.41, 5.74) is 0.621. The fraction of sp³-hybridized carbons (Fsp3) is 0.200. The van der Waals surface area contributed by atoms with E-state index in [-0.39, 0.29) is 19.0 Å². The third-order valence-corrected chi connectivity index (χ3v) is 2.12. The first-order valence-electron chi connectivity index (χ1n) is 4.30. The molecule has 1 aliphatic rings. The van der Waals surface area contributed by atoms with Crippen molar-refractivity contribution >= 4 is 11.8 Å². The Morgan fingerprint density at radius 3 is 2.87 bits per heavy atom. The predicted molar refractivity (Wildman–Crippen MR) is 48.7 cm³/mol. The van der Waals surface area contributed by atoms with Crippen LogP contribution in [0.15, 0.2) is 18.2 Å². The van der Waals surface area contributed by atoms with E-state index in [2.05, 4.69) is 0 Å². The molecule has 5 nitrogen and oxygen atoms in total. The molecule has 0 saturated heterocycles. The molecule has 0 spiro atoms. The number of rotatable bonds is 2. The summed E-state index contributed by atoms with van der Waals surface area (Å²) in [5, 5.41) is 8.61. The molecule has 0 fully saturated rings. The molecule has 0 radical (unpaired) electrons. The van der Waals surface area contributed by atoms with Crippen molar-refractivity contribution in [3.8, 4) is 5.75 Å². The number of carboxylic acids is 1. The third-order valence-electron chi connectivity index (χ3n) is 2.12. The number of ether oxygens (including phenoxy) is 2. The third kappa shape index (κ3) is 1.69. The number of aliphatic carboxylic acids is 1. The van der Waals surface area contributed by atoms with E-state index in [0.717, 1.165) is 0 Å². The summed E-state index contributed by atoms with van der Waals surface area (Å²) in [7, 11) is 0. The fourth-order valence-corrected chi connectivity index (χ4v) is 1.43. The van der Waals surface area contributed by atoms with Crippen LogP contribution < -0.4 is 4.74 Å². The van der Waals surface area contributed by atoms with Crippen LogP contribution in [-0.2, 0) is 16.1 Å². The van der Waals surface area contributed by atoms with Gasteiger partial charge in [0.1, 0.15) is 5.75 Å². The van der Waals surface area contributed by atoms with E-state index in [1.165, 1.54) is 6.07 Å². The van der Waals surface area contributed by atoms with E-state index in [4.69, 9.17) is 14.6 Å². The van der Waals surface area contributed by atoms with Gasteiger partial charge in [0, 0.05) is 11.1 Å². The number of carboxylic acid groups (broad SMARTS) is 1. The zero-order valence-corrected chi connectivity index (χ0v) is 7.73. The smallest absolute Gasteiger partial charge is 0.377 e. The number of hydrogen-bond acceptors (Lipinski definition) is 4. The molecule has 0 amide bonds. The number of hydrogen-bond donors (Lipinski definition) is 1. The monoisotopic (exact) mass is 208 g/mol. The van der Waals surface area contributed by atoms with Gasteiger partial charge in [-0.2, -0.15) is 0 Å². The highest BCUT2D eigenvalue weighted by Gasteiger charge is 2.22. The number of benzene rings is 1. The molecule has 0 unspecified atom stereocenters. The van der Waals surface area contributed by atoms with Crippen LogP contribution in [0, 0.1) is 0 Å². The highest BCUT2D eigenvalue weighted by atomic mass is 16.7. The Balaban J connectivity index is 2.48. The van der Waals surface area contributed by atoms with Gasteiger partial charge < -0.3 is 14.6 Å². The summed E-state index contributed by atoms with van der Waals surface area (Å²) in [4.78, 5) is 21.9. The number of ketones is 1. The lowest BCUT2D eigenvalue weighted by Crippen LogP contribution is -2.19. The predicted octanol–water partition coefficient (Wildman–Crippen LogP) is 0.820. The average Bonchev–Trinajstić information content (AvgIpc) is 2.27. The summed E-state index contributed by atoms with van der Waals surface area (Å²) >= 11 is 0. The van der Waals surface area contributed by atoms with Gasteiger partial charge in [-0.05, 0) is 6.07 Å². The molecule has 2 rings (SSSR count). The van der Waals surface area contributed by atoms with Gasteiger partial charge in [0.15, 0.2) is 6.79 Å². The normalized spacial score (nSPS) is 13.9. The van der Waals surface area contributed by atoms with Gasteiger partial charge in [0.05, 0.1) is 6.61 Å². The van der Waals surface area contributed by atoms with Crippen molar-refractivity contribution in [3.05, 3.63) is 29.3 Å². The molecule has 0 aromatic heterocycles. The maximum Gasteiger partial charge on any atom is 0.377 e.